The van der Waals surface area contributed by atoms with Crippen molar-refractivity contribution in [2.75, 3.05) is 32.8 Å². The molecule has 2 rings (SSSR count). The first-order valence-electron chi connectivity index (χ1n) is 6.10. The maximum Gasteiger partial charge on any atom is 0.0625 e. The van der Waals surface area contributed by atoms with Crippen LogP contribution >= 0.6 is 34.8 Å². The van der Waals surface area contributed by atoms with Gasteiger partial charge < -0.3 is 4.74 Å². The van der Waals surface area contributed by atoms with Crippen LogP contribution in [0.1, 0.15) is 12.0 Å². The average Bonchev–Trinajstić information content (AvgIpc) is 2.36. The minimum Gasteiger partial charge on any atom is -0.379 e. The van der Waals surface area contributed by atoms with Crippen molar-refractivity contribution in [2.45, 2.75) is 12.8 Å². The molecule has 1 aromatic rings. The second kappa shape index (κ2) is 6.97. The van der Waals surface area contributed by atoms with Crippen molar-refractivity contribution in [2.24, 2.45) is 0 Å². The molecule has 100 valence electrons. The highest BCUT2D eigenvalue weighted by Crippen LogP contribution is 2.30. The van der Waals surface area contributed by atoms with Gasteiger partial charge >= 0.3 is 0 Å². The van der Waals surface area contributed by atoms with E-state index in [2.05, 4.69) is 4.90 Å². The molecular weight excluding hydrogens is 293 g/mol. The van der Waals surface area contributed by atoms with E-state index in [-0.39, 0.29) is 0 Å². The van der Waals surface area contributed by atoms with E-state index in [1.54, 1.807) is 6.07 Å². The Bertz CT molecular complexity index is 405. The third-order valence-electron chi connectivity index (χ3n) is 3.09. The lowest BCUT2D eigenvalue weighted by Crippen LogP contribution is -2.36. The summed E-state index contributed by atoms with van der Waals surface area (Å²) in [5.74, 6) is 0. The van der Waals surface area contributed by atoms with E-state index < -0.39 is 0 Å². The molecular formula is C13H16Cl3NO. The lowest BCUT2D eigenvalue weighted by molar-refractivity contribution is 0.0375. The number of hydrogen-bond acceptors (Lipinski definition) is 2. The van der Waals surface area contributed by atoms with E-state index in [9.17, 15) is 0 Å². The van der Waals surface area contributed by atoms with Crippen molar-refractivity contribution in [1.82, 2.24) is 4.90 Å². The lowest BCUT2D eigenvalue weighted by atomic mass is 10.1. The fourth-order valence-corrected chi connectivity index (χ4v) is 2.85. The summed E-state index contributed by atoms with van der Waals surface area (Å²) in [6, 6.07) is 3.58. The van der Waals surface area contributed by atoms with Gasteiger partial charge in [0.05, 0.1) is 23.3 Å². The topological polar surface area (TPSA) is 12.5 Å². The molecule has 0 saturated carbocycles. The van der Waals surface area contributed by atoms with Crippen LogP contribution in [-0.4, -0.2) is 37.7 Å². The summed E-state index contributed by atoms with van der Waals surface area (Å²) in [6.45, 7) is 4.77. The molecule has 1 aromatic carbocycles. The molecule has 5 heteroatoms. The van der Waals surface area contributed by atoms with Gasteiger partial charge in [-0.05, 0) is 37.1 Å². The van der Waals surface area contributed by atoms with E-state index >= 15 is 0 Å². The van der Waals surface area contributed by atoms with Gasteiger partial charge in [-0.1, -0.05) is 34.8 Å². The van der Waals surface area contributed by atoms with Crippen LogP contribution in [0.4, 0.5) is 0 Å². The zero-order valence-corrected chi connectivity index (χ0v) is 12.4. The van der Waals surface area contributed by atoms with Crippen LogP contribution in [0, 0.1) is 0 Å². The van der Waals surface area contributed by atoms with Gasteiger partial charge in [-0.3, -0.25) is 4.90 Å². The quantitative estimate of drug-likeness (QED) is 0.782. The molecule has 1 fully saturated rings. The van der Waals surface area contributed by atoms with Crippen molar-refractivity contribution < 1.29 is 4.74 Å². The van der Waals surface area contributed by atoms with Crippen LogP contribution in [0.15, 0.2) is 12.1 Å². The van der Waals surface area contributed by atoms with Gasteiger partial charge in [0.1, 0.15) is 0 Å². The van der Waals surface area contributed by atoms with E-state index in [1.807, 2.05) is 6.07 Å². The van der Waals surface area contributed by atoms with Gasteiger partial charge in [0.25, 0.3) is 0 Å². The second-order valence-corrected chi connectivity index (χ2v) is 5.64. The highest BCUT2D eigenvalue weighted by Gasteiger charge is 2.11. The first-order valence-corrected chi connectivity index (χ1v) is 7.24. The molecule has 0 aliphatic carbocycles. The third-order valence-corrected chi connectivity index (χ3v) is 4.15. The Labute approximate surface area is 123 Å². The second-order valence-electron chi connectivity index (χ2n) is 4.42. The number of halogens is 3. The monoisotopic (exact) mass is 307 g/mol. The van der Waals surface area contributed by atoms with Gasteiger partial charge in [0.2, 0.25) is 0 Å². The number of rotatable bonds is 4. The number of nitrogens with zero attached hydrogens (tertiary/aromatic N) is 1. The Hall–Kier alpha value is 0.01000. The van der Waals surface area contributed by atoms with Gasteiger partial charge in [0, 0.05) is 18.1 Å². The van der Waals surface area contributed by atoms with Crippen molar-refractivity contribution in [3.05, 3.63) is 32.8 Å². The predicted octanol–water partition coefficient (Wildman–Crippen LogP) is 3.91. The van der Waals surface area contributed by atoms with Crippen LogP contribution in [0.25, 0.3) is 0 Å². The summed E-state index contributed by atoms with van der Waals surface area (Å²) in [5, 5.41) is 1.80. The minimum absolute atomic E-state index is 0.533. The molecule has 18 heavy (non-hydrogen) atoms. The Morgan fingerprint density at radius 2 is 1.83 bits per heavy atom. The van der Waals surface area contributed by atoms with Crippen LogP contribution < -0.4 is 0 Å². The van der Waals surface area contributed by atoms with E-state index in [1.165, 1.54) is 0 Å². The number of hydrogen-bond donors (Lipinski definition) is 0. The van der Waals surface area contributed by atoms with Crippen molar-refractivity contribution >= 4 is 34.8 Å². The fraction of sp³-hybridized carbons (Fsp3) is 0.538. The Morgan fingerprint density at radius 3 is 2.56 bits per heavy atom. The lowest BCUT2D eigenvalue weighted by Gasteiger charge is -2.26. The molecule has 0 atom stereocenters. The fourth-order valence-electron chi connectivity index (χ4n) is 2.11. The maximum absolute atomic E-state index is 6.16. The highest BCUT2D eigenvalue weighted by atomic mass is 35.5. The average molecular weight is 309 g/mol. The standard InChI is InChI=1S/C13H16Cl3NO/c14-11-8-10(13(16)12(15)9-11)2-1-3-17-4-6-18-7-5-17/h8-9H,1-7H2. The van der Waals surface area contributed by atoms with Crippen LogP contribution in [0.3, 0.4) is 0 Å². The molecule has 1 heterocycles. The number of aryl methyl sites for hydroxylation is 1. The summed E-state index contributed by atoms with van der Waals surface area (Å²) in [6.07, 6.45) is 1.95. The van der Waals surface area contributed by atoms with Crippen LogP contribution in [0.2, 0.25) is 15.1 Å². The maximum atomic E-state index is 6.16. The predicted molar refractivity (Wildman–Crippen MR) is 77.1 cm³/mol. The zero-order chi connectivity index (χ0) is 13.0. The SMILES string of the molecule is Clc1cc(Cl)c(Cl)c(CCCN2CCOCC2)c1. The molecule has 0 unspecified atom stereocenters. The zero-order valence-electron chi connectivity index (χ0n) is 10.1. The summed E-state index contributed by atoms with van der Waals surface area (Å²) in [5.41, 5.74) is 1.03. The minimum atomic E-state index is 0.533. The van der Waals surface area contributed by atoms with Gasteiger partial charge in [-0.15, -0.1) is 0 Å². The first kappa shape index (κ1) is 14.4. The highest BCUT2D eigenvalue weighted by molar-refractivity contribution is 6.43. The molecule has 0 aromatic heterocycles. The van der Waals surface area contributed by atoms with Crippen molar-refractivity contribution in [3.8, 4) is 0 Å². The van der Waals surface area contributed by atoms with Gasteiger partial charge in [-0.2, -0.15) is 0 Å². The van der Waals surface area contributed by atoms with Crippen molar-refractivity contribution in [3.63, 3.8) is 0 Å². The number of morpholine rings is 1. The first-order chi connectivity index (χ1) is 8.66. The summed E-state index contributed by atoms with van der Waals surface area (Å²) in [7, 11) is 0. The normalized spacial score (nSPS) is 17.1. The third kappa shape index (κ3) is 4.01. The summed E-state index contributed by atoms with van der Waals surface area (Å²) >= 11 is 18.1. The molecule has 0 radical (unpaired) electrons. The van der Waals surface area contributed by atoms with Crippen molar-refractivity contribution in [1.29, 1.82) is 0 Å². The molecule has 0 spiro atoms. The number of ether oxygens (including phenoxy) is 1. The molecule has 1 aliphatic heterocycles. The molecule has 1 saturated heterocycles. The van der Waals surface area contributed by atoms with Gasteiger partial charge in [0.15, 0.2) is 0 Å². The molecule has 1 aliphatic rings. The largest absolute Gasteiger partial charge is 0.379 e. The Kier molecular flexibility index (Phi) is 5.58. The number of benzene rings is 1. The van der Waals surface area contributed by atoms with Crippen LogP contribution in [0.5, 0.6) is 0 Å². The van der Waals surface area contributed by atoms with E-state index in [0.717, 1.165) is 51.3 Å². The van der Waals surface area contributed by atoms with E-state index in [0.29, 0.717) is 15.1 Å². The Morgan fingerprint density at radius 1 is 1.11 bits per heavy atom. The van der Waals surface area contributed by atoms with Crippen LogP contribution in [-0.2, 0) is 11.2 Å². The smallest absolute Gasteiger partial charge is 0.0625 e. The van der Waals surface area contributed by atoms with E-state index in [4.69, 9.17) is 39.5 Å². The molecule has 0 amide bonds. The van der Waals surface area contributed by atoms with Gasteiger partial charge in [-0.25, -0.2) is 0 Å². The molecule has 0 N–H and O–H groups in total. The molecule has 0 bridgehead atoms. The summed E-state index contributed by atoms with van der Waals surface area (Å²) < 4.78 is 5.32. The Balaban J connectivity index is 1.86. The summed E-state index contributed by atoms with van der Waals surface area (Å²) in [4.78, 5) is 2.41. The molecule has 2 nitrogen and oxygen atoms in total.